The van der Waals surface area contributed by atoms with Crippen LogP contribution in [0.4, 0.5) is 0 Å². The van der Waals surface area contributed by atoms with Gasteiger partial charge in [0.05, 0.1) is 0 Å². The molecule has 8 heteroatoms. The van der Waals surface area contributed by atoms with Gasteiger partial charge in [-0.05, 0) is 0 Å². The van der Waals surface area contributed by atoms with Gasteiger partial charge in [-0.1, -0.05) is 0 Å². The SMILES string of the molecule is [O]=[Ce].[O]=[La].[O]=[Nd].[O]=[Zr]. The van der Waals surface area contributed by atoms with E-state index >= 15 is 0 Å². The Hall–Kier alpha value is 4.01. The molecule has 0 aromatic heterocycles. The molecule has 0 aromatic rings. The first kappa shape index (κ1) is 22.7. The molecule has 4 nitrogen and oxygen atoms in total. The zero-order valence-corrected chi connectivity index (χ0v) is 16.1. The van der Waals surface area contributed by atoms with Gasteiger partial charge >= 0.3 is 144 Å². The molecule has 0 amide bonds. The van der Waals surface area contributed by atoms with Gasteiger partial charge in [-0.3, -0.25) is 0 Å². The van der Waals surface area contributed by atoms with Gasteiger partial charge in [-0.15, -0.1) is 0 Å². The van der Waals surface area contributed by atoms with Crippen LogP contribution in [0.15, 0.2) is 0 Å². The van der Waals surface area contributed by atoms with Gasteiger partial charge in [0.15, 0.2) is 0 Å². The first-order chi connectivity index (χ1) is 4.00. The van der Waals surface area contributed by atoms with Crippen molar-refractivity contribution in [3.8, 4) is 0 Å². The maximum atomic E-state index is 8.42. The Morgan fingerprint density at radius 1 is 1.12 bits per heavy atom. The Kier molecular flexibility index (Phi) is 195. The third-order valence-electron chi connectivity index (χ3n) is 0. The molecule has 0 saturated carbocycles. The van der Waals surface area contributed by atoms with E-state index in [0.717, 1.165) is 0 Å². The Balaban J connectivity index is -0.0000000133. The van der Waals surface area contributed by atoms with Crippen LogP contribution in [0, 0.1) is 112 Å². The van der Waals surface area contributed by atoms with E-state index in [9.17, 15) is 0 Å². The molecular weight excluding hydrogens is 578 g/mol. The van der Waals surface area contributed by atoms with Crippen molar-refractivity contribution in [1.29, 1.82) is 0 Å². The van der Waals surface area contributed by atoms with E-state index < -0.39 is 0 Å². The average Bonchev–Trinajstić information content (AvgIpc) is 2.03. The molecule has 0 N–H and O–H groups in total. The summed E-state index contributed by atoms with van der Waals surface area (Å²) in [4.78, 5) is 0. The van der Waals surface area contributed by atoms with E-state index in [1.54, 1.807) is 0 Å². The molecule has 0 bridgehead atoms. The van der Waals surface area contributed by atoms with Crippen LogP contribution in [0.5, 0.6) is 0 Å². The van der Waals surface area contributed by atoms with Crippen molar-refractivity contribution in [3.63, 3.8) is 0 Å². The molecule has 0 radical (unpaired) electrons. The fourth-order valence-corrected chi connectivity index (χ4v) is 0. The van der Waals surface area contributed by atoms with Gasteiger partial charge in [0, 0.05) is 0 Å². The Bertz CT molecular complexity index is 24.0. The third-order valence-corrected chi connectivity index (χ3v) is 0. The summed E-state index contributed by atoms with van der Waals surface area (Å²) in [6.07, 6.45) is 0. The third kappa shape index (κ3) is 50.6. The zero-order valence-electron chi connectivity index (χ0n) is 3.71. The second-order valence-corrected chi connectivity index (χ2v) is 0. The molecule has 8 heavy (non-hydrogen) atoms. The summed E-state index contributed by atoms with van der Waals surface area (Å²) in [6.45, 7) is 0. The summed E-state index contributed by atoms with van der Waals surface area (Å²) >= 11 is 0.328. The van der Waals surface area contributed by atoms with Crippen molar-refractivity contribution >= 4 is 0 Å². The quantitative estimate of drug-likeness (QED) is 0.390. The molecular formula is CeLaNdO4Zr. The second-order valence-electron chi connectivity index (χ2n) is 0. The molecule has 0 rings (SSSR count). The minimum atomic E-state index is -0.0833. The van der Waals surface area contributed by atoms with Crippen LogP contribution in [0.3, 0.4) is 0 Å². The topological polar surface area (TPSA) is 68.3 Å². The standard InChI is InChI=1S/Ce.La.Nd.4O.Zr. The molecule has 0 aromatic carbocycles. The summed E-state index contributed by atoms with van der Waals surface area (Å²) in [7, 11) is 0. The normalized spacial score (nSPS) is 1.88. The van der Waals surface area contributed by atoms with Crippen molar-refractivity contribution in [2.45, 2.75) is 0 Å². The van der Waals surface area contributed by atoms with Gasteiger partial charge in [-0.25, -0.2) is 0 Å². The van der Waals surface area contributed by atoms with Gasteiger partial charge in [-0.2, -0.15) is 0 Å². The molecule has 39 valence electrons. The Labute approximate surface area is 139 Å². The second kappa shape index (κ2) is 68.7. The van der Waals surface area contributed by atoms with Crippen molar-refractivity contribution in [2.24, 2.45) is 0 Å². The van der Waals surface area contributed by atoms with Crippen LogP contribution in [0.2, 0.25) is 0 Å². The van der Waals surface area contributed by atoms with Crippen LogP contribution in [0.1, 0.15) is 0 Å². The molecule has 0 atom stereocenters. The zero-order chi connectivity index (χ0) is 8.00. The van der Waals surface area contributed by atoms with Crippen LogP contribution in [-0.4, -0.2) is 0 Å². The number of rotatable bonds is 0. The van der Waals surface area contributed by atoms with E-state index in [2.05, 4.69) is 0 Å². The van der Waals surface area contributed by atoms with E-state index in [4.69, 9.17) is 6.50 Å². The summed E-state index contributed by atoms with van der Waals surface area (Å²) < 4.78 is 33.5. The predicted molar refractivity (Wildman–Crippen MR) is 2.75 cm³/mol. The summed E-state index contributed by atoms with van der Waals surface area (Å²) in [5.74, 6) is 0. The van der Waals surface area contributed by atoms with Crippen molar-refractivity contribution < 1.29 is 144 Å². The van der Waals surface area contributed by atoms with Crippen LogP contribution in [-0.2, 0) is 31.2 Å². The number of hydrogen-bond acceptors (Lipinski definition) is 4. The molecule has 0 spiro atoms. The van der Waals surface area contributed by atoms with Crippen LogP contribution >= 0.6 is 0 Å². The first-order valence-electron chi connectivity index (χ1n) is 0.848. The van der Waals surface area contributed by atoms with Crippen molar-refractivity contribution in [2.75, 3.05) is 0 Å². The van der Waals surface area contributed by atoms with Gasteiger partial charge in [0.1, 0.15) is 0 Å². The van der Waals surface area contributed by atoms with Crippen LogP contribution in [0.25, 0.3) is 0 Å². The van der Waals surface area contributed by atoms with E-state index in [-0.39, 0.29) is 112 Å². The average molecular weight is 578 g/mol. The minimum absolute atomic E-state index is 0.0556. The summed E-state index contributed by atoms with van der Waals surface area (Å²) in [6, 6.07) is 0. The van der Waals surface area contributed by atoms with Gasteiger partial charge < -0.3 is 0 Å². The van der Waals surface area contributed by atoms with Crippen molar-refractivity contribution in [3.05, 3.63) is 0 Å². The molecule has 0 fully saturated rings. The number of hydrogen-bond donors (Lipinski definition) is 0. The molecule has 0 unspecified atom stereocenters. The van der Waals surface area contributed by atoms with Crippen LogP contribution < -0.4 is 0 Å². The fraction of sp³-hybridized carbons (Fsp3) is 0. The Morgan fingerprint density at radius 2 is 1.12 bits per heavy atom. The molecule has 0 aliphatic heterocycles. The van der Waals surface area contributed by atoms with Gasteiger partial charge in [0.25, 0.3) is 0 Å². The maximum absolute atomic E-state index is 8.42. The summed E-state index contributed by atoms with van der Waals surface area (Å²) in [5, 5.41) is 0. The van der Waals surface area contributed by atoms with E-state index in [1.165, 1.54) is 0 Å². The molecule has 0 heterocycles. The summed E-state index contributed by atoms with van der Waals surface area (Å²) in [5.41, 5.74) is 0. The monoisotopic (exact) mass is 575 g/mol. The first-order valence-corrected chi connectivity index (χ1v) is 5.92. The van der Waals surface area contributed by atoms with Crippen molar-refractivity contribution in [1.82, 2.24) is 0 Å². The van der Waals surface area contributed by atoms with E-state index in [1.807, 2.05) is 0 Å². The molecule has 0 aliphatic carbocycles. The molecule has 0 aliphatic rings. The fourth-order valence-electron chi connectivity index (χ4n) is 0. The molecule has 0 saturated heterocycles. The predicted octanol–water partition coefficient (Wildman–Crippen LogP) is -0.478. The Morgan fingerprint density at radius 3 is 1.12 bits per heavy atom. The van der Waals surface area contributed by atoms with E-state index in [0.29, 0.717) is 24.7 Å². The van der Waals surface area contributed by atoms with Gasteiger partial charge in [0.2, 0.25) is 0 Å².